The predicted molar refractivity (Wildman–Crippen MR) is 51.7 cm³/mol. The number of halogens is 1. The SMILES string of the molecule is CN1CC(N)c2cc(Cl)ccc21. The highest BCUT2D eigenvalue weighted by atomic mass is 35.5. The first-order chi connectivity index (χ1) is 5.68. The number of rotatable bonds is 0. The van der Waals surface area contributed by atoms with Gasteiger partial charge in [0, 0.05) is 30.3 Å². The van der Waals surface area contributed by atoms with Crippen LogP contribution in [0.15, 0.2) is 18.2 Å². The van der Waals surface area contributed by atoms with Crippen LogP contribution in [0, 0.1) is 0 Å². The van der Waals surface area contributed by atoms with E-state index in [2.05, 4.69) is 4.90 Å². The Bertz CT molecular complexity index is 311. The smallest absolute Gasteiger partial charge is 0.0494 e. The largest absolute Gasteiger partial charge is 0.372 e. The number of nitrogens with zero attached hydrogens (tertiary/aromatic N) is 1. The molecule has 0 amide bonds. The number of nitrogens with two attached hydrogens (primary N) is 1. The van der Waals surface area contributed by atoms with Crippen LogP contribution < -0.4 is 10.6 Å². The third-order valence-corrected chi connectivity index (χ3v) is 2.51. The van der Waals surface area contributed by atoms with Crippen LogP contribution in [0.25, 0.3) is 0 Å². The van der Waals surface area contributed by atoms with E-state index < -0.39 is 0 Å². The summed E-state index contributed by atoms with van der Waals surface area (Å²) >= 11 is 5.86. The Morgan fingerprint density at radius 1 is 1.58 bits per heavy atom. The first-order valence-electron chi connectivity index (χ1n) is 3.94. The summed E-state index contributed by atoms with van der Waals surface area (Å²) in [5.74, 6) is 0. The quantitative estimate of drug-likeness (QED) is 0.663. The van der Waals surface area contributed by atoms with E-state index in [1.165, 1.54) is 5.69 Å². The lowest BCUT2D eigenvalue weighted by atomic mass is 10.1. The Morgan fingerprint density at radius 3 is 3.08 bits per heavy atom. The van der Waals surface area contributed by atoms with E-state index in [-0.39, 0.29) is 6.04 Å². The maximum Gasteiger partial charge on any atom is 0.0494 e. The lowest BCUT2D eigenvalue weighted by Crippen LogP contribution is -2.19. The molecular formula is C9H11ClN2. The standard InChI is InChI=1S/C9H11ClN2/c1-12-5-8(11)7-4-6(10)2-3-9(7)12/h2-4,8H,5,11H2,1H3. The van der Waals surface area contributed by atoms with Crippen molar-refractivity contribution < 1.29 is 0 Å². The maximum absolute atomic E-state index is 5.91. The second kappa shape index (κ2) is 2.64. The molecule has 0 saturated heterocycles. The Morgan fingerprint density at radius 2 is 2.33 bits per heavy atom. The molecule has 0 bridgehead atoms. The van der Waals surface area contributed by atoms with Crippen LogP contribution in [-0.4, -0.2) is 13.6 Å². The van der Waals surface area contributed by atoms with E-state index in [4.69, 9.17) is 17.3 Å². The molecule has 1 aromatic carbocycles. The number of anilines is 1. The molecule has 64 valence electrons. The van der Waals surface area contributed by atoms with E-state index in [1.807, 2.05) is 25.2 Å². The molecule has 2 N–H and O–H groups in total. The molecule has 0 fully saturated rings. The highest BCUT2D eigenvalue weighted by Gasteiger charge is 2.22. The number of benzene rings is 1. The van der Waals surface area contributed by atoms with Gasteiger partial charge in [-0.1, -0.05) is 11.6 Å². The molecule has 1 heterocycles. The van der Waals surface area contributed by atoms with Gasteiger partial charge in [0.1, 0.15) is 0 Å². The molecule has 1 aliphatic rings. The molecule has 0 aromatic heterocycles. The van der Waals surface area contributed by atoms with Crippen molar-refractivity contribution in [1.29, 1.82) is 0 Å². The number of hydrogen-bond donors (Lipinski definition) is 1. The molecule has 0 spiro atoms. The monoisotopic (exact) mass is 182 g/mol. The molecule has 3 heteroatoms. The second-order valence-corrected chi connectivity index (χ2v) is 3.63. The van der Waals surface area contributed by atoms with Crippen LogP contribution in [0.4, 0.5) is 5.69 Å². The second-order valence-electron chi connectivity index (χ2n) is 3.19. The van der Waals surface area contributed by atoms with E-state index >= 15 is 0 Å². The van der Waals surface area contributed by atoms with Gasteiger partial charge in [0.15, 0.2) is 0 Å². The average molecular weight is 183 g/mol. The summed E-state index contributed by atoms with van der Waals surface area (Å²) in [6.45, 7) is 0.885. The summed E-state index contributed by atoms with van der Waals surface area (Å²) in [6.07, 6.45) is 0. The van der Waals surface area contributed by atoms with Crippen LogP contribution >= 0.6 is 11.6 Å². The van der Waals surface area contributed by atoms with Crippen molar-refractivity contribution in [3.8, 4) is 0 Å². The van der Waals surface area contributed by atoms with Gasteiger partial charge in [0.2, 0.25) is 0 Å². The van der Waals surface area contributed by atoms with Crippen molar-refractivity contribution in [3.05, 3.63) is 28.8 Å². The van der Waals surface area contributed by atoms with Gasteiger partial charge in [-0.3, -0.25) is 0 Å². The van der Waals surface area contributed by atoms with E-state index in [0.717, 1.165) is 17.1 Å². The minimum atomic E-state index is 0.115. The summed E-state index contributed by atoms with van der Waals surface area (Å²) < 4.78 is 0. The highest BCUT2D eigenvalue weighted by Crippen LogP contribution is 2.33. The lowest BCUT2D eigenvalue weighted by Gasteiger charge is -2.10. The van der Waals surface area contributed by atoms with Crippen molar-refractivity contribution >= 4 is 17.3 Å². The van der Waals surface area contributed by atoms with Gasteiger partial charge in [-0.25, -0.2) is 0 Å². The Hall–Kier alpha value is -0.730. The Labute approximate surface area is 76.9 Å². The molecular weight excluding hydrogens is 172 g/mol. The van der Waals surface area contributed by atoms with Crippen LogP contribution in [0.1, 0.15) is 11.6 Å². The van der Waals surface area contributed by atoms with Gasteiger partial charge in [0.05, 0.1) is 0 Å². The molecule has 0 aliphatic carbocycles. The van der Waals surface area contributed by atoms with Gasteiger partial charge in [-0.2, -0.15) is 0 Å². The summed E-state index contributed by atoms with van der Waals surface area (Å²) in [7, 11) is 2.04. The molecule has 1 atom stereocenters. The predicted octanol–water partition coefficient (Wildman–Crippen LogP) is 1.79. The molecule has 2 nitrogen and oxygen atoms in total. The molecule has 1 aliphatic heterocycles. The first-order valence-corrected chi connectivity index (χ1v) is 4.32. The molecule has 0 radical (unpaired) electrons. The van der Waals surface area contributed by atoms with Crippen molar-refractivity contribution in [2.75, 3.05) is 18.5 Å². The van der Waals surface area contributed by atoms with E-state index in [1.54, 1.807) is 0 Å². The van der Waals surface area contributed by atoms with Crippen LogP contribution in [0.2, 0.25) is 5.02 Å². The number of fused-ring (bicyclic) bond motifs is 1. The van der Waals surface area contributed by atoms with Crippen molar-refractivity contribution in [1.82, 2.24) is 0 Å². The van der Waals surface area contributed by atoms with Crippen LogP contribution in [0.5, 0.6) is 0 Å². The third kappa shape index (κ3) is 1.08. The first kappa shape index (κ1) is 7.90. The van der Waals surface area contributed by atoms with Crippen molar-refractivity contribution in [2.45, 2.75) is 6.04 Å². The van der Waals surface area contributed by atoms with Crippen molar-refractivity contribution in [2.24, 2.45) is 5.73 Å². The minimum Gasteiger partial charge on any atom is -0.372 e. The summed E-state index contributed by atoms with van der Waals surface area (Å²) in [4.78, 5) is 2.15. The highest BCUT2D eigenvalue weighted by molar-refractivity contribution is 6.30. The van der Waals surface area contributed by atoms with Gasteiger partial charge in [-0.05, 0) is 23.8 Å². The van der Waals surface area contributed by atoms with E-state index in [9.17, 15) is 0 Å². The lowest BCUT2D eigenvalue weighted by molar-refractivity contribution is 0.760. The van der Waals surface area contributed by atoms with Gasteiger partial charge in [-0.15, -0.1) is 0 Å². The van der Waals surface area contributed by atoms with Gasteiger partial charge in [0.25, 0.3) is 0 Å². The zero-order chi connectivity index (χ0) is 8.72. The number of likely N-dealkylation sites (N-methyl/N-ethyl adjacent to an activating group) is 1. The van der Waals surface area contributed by atoms with E-state index in [0.29, 0.717) is 0 Å². The minimum absolute atomic E-state index is 0.115. The molecule has 0 saturated carbocycles. The zero-order valence-corrected chi connectivity index (χ0v) is 7.67. The summed E-state index contributed by atoms with van der Waals surface area (Å²) in [5.41, 5.74) is 8.26. The van der Waals surface area contributed by atoms with Crippen molar-refractivity contribution in [3.63, 3.8) is 0 Å². The fourth-order valence-corrected chi connectivity index (χ4v) is 1.84. The average Bonchev–Trinajstić information content (AvgIpc) is 2.28. The fourth-order valence-electron chi connectivity index (χ4n) is 1.66. The Kier molecular flexibility index (Phi) is 1.74. The zero-order valence-electron chi connectivity index (χ0n) is 6.92. The Balaban J connectivity index is 2.53. The molecule has 12 heavy (non-hydrogen) atoms. The normalized spacial score (nSPS) is 21.2. The molecule has 2 rings (SSSR count). The third-order valence-electron chi connectivity index (χ3n) is 2.27. The molecule has 1 aromatic rings. The van der Waals surface area contributed by atoms with Gasteiger partial charge >= 0.3 is 0 Å². The molecule has 1 unspecified atom stereocenters. The topological polar surface area (TPSA) is 29.3 Å². The summed E-state index contributed by atoms with van der Waals surface area (Å²) in [6, 6.07) is 5.98. The van der Waals surface area contributed by atoms with Crippen LogP contribution in [0.3, 0.4) is 0 Å². The number of hydrogen-bond acceptors (Lipinski definition) is 2. The maximum atomic E-state index is 5.91. The van der Waals surface area contributed by atoms with Crippen LogP contribution in [-0.2, 0) is 0 Å². The van der Waals surface area contributed by atoms with Gasteiger partial charge < -0.3 is 10.6 Å². The fraction of sp³-hybridized carbons (Fsp3) is 0.333. The summed E-state index contributed by atoms with van der Waals surface area (Å²) in [5, 5.41) is 0.763.